The van der Waals surface area contributed by atoms with Crippen LogP contribution in [0.2, 0.25) is 0 Å². The van der Waals surface area contributed by atoms with Gasteiger partial charge in [-0.3, -0.25) is 9.69 Å². The summed E-state index contributed by atoms with van der Waals surface area (Å²) in [6.45, 7) is 4.85. The first kappa shape index (κ1) is 16.9. The molecule has 2 aliphatic heterocycles. The van der Waals surface area contributed by atoms with E-state index in [1.165, 1.54) is 55.8 Å². The maximum absolute atomic E-state index is 13.3. The smallest absolute Gasteiger partial charge is 0.240 e. The number of hydrogen-bond acceptors (Lipinski definition) is 5. The molecule has 1 aromatic carbocycles. The summed E-state index contributed by atoms with van der Waals surface area (Å²) in [5, 5.41) is 3.43. The molecule has 25 heavy (non-hydrogen) atoms. The van der Waals surface area contributed by atoms with Gasteiger partial charge in [-0.05, 0) is 63.5 Å². The van der Waals surface area contributed by atoms with Crippen LogP contribution in [-0.4, -0.2) is 59.5 Å². The van der Waals surface area contributed by atoms with Crippen LogP contribution in [0.3, 0.4) is 0 Å². The minimum absolute atomic E-state index is 0.0344. The Kier molecular flexibility index (Phi) is 4.96. The number of nitrogens with zero attached hydrogens (tertiary/aromatic N) is 3. The zero-order chi connectivity index (χ0) is 17.2. The van der Waals surface area contributed by atoms with Gasteiger partial charge in [-0.15, -0.1) is 0 Å². The molecule has 2 saturated heterocycles. The highest BCUT2D eigenvalue weighted by atomic mass is 32.1. The molecule has 1 unspecified atom stereocenters. The molecule has 1 aromatic heterocycles. The van der Waals surface area contributed by atoms with Gasteiger partial charge in [0.05, 0.1) is 16.8 Å². The van der Waals surface area contributed by atoms with E-state index in [1.54, 1.807) is 6.07 Å². The average Bonchev–Trinajstić information content (AvgIpc) is 3.29. The molecule has 4 rings (SSSR count). The Morgan fingerprint density at radius 2 is 2.12 bits per heavy atom. The molecule has 1 N–H and O–H groups in total. The highest BCUT2D eigenvalue weighted by Gasteiger charge is 2.28. The van der Waals surface area contributed by atoms with Crippen LogP contribution in [0, 0.1) is 5.82 Å². The van der Waals surface area contributed by atoms with Crippen LogP contribution in [0.4, 0.5) is 9.52 Å². The van der Waals surface area contributed by atoms with E-state index in [0.29, 0.717) is 17.7 Å². The van der Waals surface area contributed by atoms with E-state index in [4.69, 9.17) is 0 Å². The van der Waals surface area contributed by atoms with Crippen LogP contribution in [0.5, 0.6) is 0 Å². The van der Waals surface area contributed by atoms with Gasteiger partial charge in [0.1, 0.15) is 5.82 Å². The number of amides is 1. The molecule has 1 atom stereocenters. The molecule has 5 nitrogen and oxygen atoms in total. The van der Waals surface area contributed by atoms with Crippen molar-refractivity contribution >= 4 is 32.6 Å². The Morgan fingerprint density at radius 3 is 2.96 bits per heavy atom. The number of likely N-dealkylation sites (tertiary alicyclic amines) is 2. The van der Waals surface area contributed by atoms with Gasteiger partial charge in [-0.25, -0.2) is 9.37 Å². The third-order valence-corrected chi connectivity index (χ3v) is 6.04. The van der Waals surface area contributed by atoms with E-state index in [-0.39, 0.29) is 11.7 Å². The third-order valence-electron chi connectivity index (χ3n) is 5.11. The molecule has 3 heterocycles. The number of fused-ring (bicyclic) bond motifs is 1. The number of halogens is 1. The summed E-state index contributed by atoms with van der Waals surface area (Å²) in [4.78, 5) is 21.6. The number of rotatable bonds is 5. The van der Waals surface area contributed by atoms with Crippen molar-refractivity contribution in [2.75, 3.05) is 38.0 Å². The van der Waals surface area contributed by atoms with Gasteiger partial charge in [0.25, 0.3) is 0 Å². The molecule has 0 saturated carbocycles. The van der Waals surface area contributed by atoms with Crippen molar-refractivity contribution < 1.29 is 9.18 Å². The summed E-state index contributed by atoms with van der Waals surface area (Å²) >= 11 is 1.31. The predicted molar refractivity (Wildman–Crippen MR) is 98.5 cm³/mol. The van der Waals surface area contributed by atoms with Crippen LogP contribution in [0.15, 0.2) is 18.2 Å². The van der Waals surface area contributed by atoms with E-state index in [0.717, 1.165) is 29.7 Å². The maximum atomic E-state index is 13.3. The van der Waals surface area contributed by atoms with E-state index < -0.39 is 0 Å². The number of thiazole rings is 1. The number of carbonyl (C=O) groups is 1. The SMILES string of the molecule is O=C(CN1CCCC1CN1CCCC1)Nc1nc2ccc(F)cc2s1. The number of benzene rings is 1. The summed E-state index contributed by atoms with van der Waals surface area (Å²) in [7, 11) is 0. The van der Waals surface area contributed by atoms with Crippen LogP contribution in [0.1, 0.15) is 25.7 Å². The summed E-state index contributed by atoms with van der Waals surface area (Å²) < 4.78 is 14.0. The lowest BCUT2D eigenvalue weighted by Gasteiger charge is -2.27. The van der Waals surface area contributed by atoms with Gasteiger partial charge in [0.2, 0.25) is 5.91 Å². The molecule has 0 spiro atoms. The number of nitrogens with one attached hydrogen (secondary N) is 1. The van der Waals surface area contributed by atoms with Crippen molar-refractivity contribution in [3.05, 3.63) is 24.0 Å². The second-order valence-electron chi connectivity index (χ2n) is 6.95. The Hall–Kier alpha value is -1.57. The Bertz CT molecular complexity index is 759. The quantitative estimate of drug-likeness (QED) is 0.888. The van der Waals surface area contributed by atoms with Gasteiger partial charge in [0, 0.05) is 12.6 Å². The predicted octanol–water partition coefficient (Wildman–Crippen LogP) is 2.93. The Morgan fingerprint density at radius 1 is 1.28 bits per heavy atom. The molecular formula is C18H23FN4OS. The topological polar surface area (TPSA) is 48.5 Å². The van der Waals surface area contributed by atoms with Gasteiger partial charge < -0.3 is 10.2 Å². The van der Waals surface area contributed by atoms with E-state index in [1.807, 2.05) is 0 Å². The van der Waals surface area contributed by atoms with Gasteiger partial charge in [-0.2, -0.15) is 0 Å². The molecule has 0 radical (unpaired) electrons. The van der Waals surface area contributed by atoms with Crippen molar-refractivity contribution in [3.8, 4) is 0 Å². The van der Waals surface area contributed by atoms with E-state index in [9.17, 15) is 9.18 Å². The highest BCUT2D eigenvalue weighted by molar-refractivity contribution is 7.22. The normalized spacial score (nSPS) is 22.0. The van der Waals surface area contributed by atoms with E-state index >= 15 is 0 Å². The summed E-state index contributed by atoms with van der Waals surface area (Å²) in [5.41, 5.74) is 0.717. The first-order valence-electron chi connectivity index (χ1n) is 9.00. The number of carbonyl (C=O) groups excluding carboxylic acids is 1. The second-order valence-corrected chi connectivity index (χ2v) is 7.98. The zero-order valence-corrected chi connectivity index (χ0v) is 15.0. The average molecular weight is 362 g/mol. The summed E-state index contributed by atoms with van der Waals surface area (Å²) in [5.74, 6) is -0.316. The molecule has 0 bridgehead atoms. The molecule has 134 valence electrons. The van der Waals surface area contributed by atoms with Crippen molar-refractivity contribution in [2.45, 2.75) is 31.7 Å². The minimum atomic E-state index is -0.282. The van der Waals surface area contributed by atoms with Crippen LogP contribution in [0.25, 0.3) is 10.2 Å². The van der Waals surface area contributed by atoms with Crippen LogP contribution >= 0.6 is 11.3 Å². The highest BCUT2D eigenvalue weighted by Crippen LogP contribution is 2.27. The lowest BCUT2D eigenvalue weighted by molar-refractivity contribution is -0.117. The van der Waals surface area contributed by atoms with Crippen molar-refractivity contribution in [1.29, 1.82) is 0 Å². The minimum Gasteiger partial charge on any atom is -0.302 e. The van der Waals surface area contributed by atoms with Crippen LogP contribution < -0.4 is 5.32 Å². The standard InChI is InChI=1S/C18H23FN4OS/c19-13-5-6-15-16(10-13)25-18(20-15)21-17(24)12-23-9-3-4-14(23)11-22-7-1-2-8-22/h5-6,10,14H,1-4,7-9,11-12H2,(H,20,21,24). The lowest BCUT2D eigenvalue weighted by atomic mass is 10.2. The van der Waals surface area contributed by atoms with Crippen molar-refractivity contribution in [3.63, 3.8) is 0 Å². The van der Waals surface area contributed by atoms with E-state index in [2.05, 4.69) is 20.1 Å². The lowest BCUT2D eigenvalue weighted by Crippen LogP contribution is -2.42. The maximum Gasteiger partial charge on any atom is 0.240 e. The number of anilines is 1. The molecule has 2 fully saturated rings. The molecule has 1 amide bonds. The molecule has 7 heteroatoms. The first-order chi connectivity index (χ1) is 12.2. The number of aromatic nitrogens is 1. The molecule has 2 aromatic rings. The first-order valence-corrected chi connectivity index (χ1v) is 9.81. The number of hydrogen-bond donors (Lipinski definition) is 1. The fourth-order valence-corrected chi connectivity index (χ4v) is 4.78. The van der Waals surface area contributed by atoms with Crippen molar-refractivity contribution in [2.24, 2.45) is 0 Å². The second kappa shape index (κ2) is 7.35. The van der Waals surface area contributed by atoms with Gasteiger partial charge in [0.15, 0.2) is 5.13 Å². The monoisotopic (exact) mass is 362 g/mol. The van der Waals surface area contributed by atoms with Gasteiger partial charge in [-0.1, -0.05) is 11.3 Å². The van der Waals surface area contributed by atoms with Crippen LogP contribution in [-0.2, 0) is 4.79 Å². The summed E-state index contributed by atoms with van der Waals surface area (Å²) in [6, 6.07) is 4.97. The largest absolute Gasteiger partial charge is 0.302 e. The Balaban J connectivity index is 1.35. The van der Waals surface area contributed by atoms with Crippen molar-refractivity contribution in [1.82, 2.24) is 14.8 Å². The van der Waals surface area contributed by atoms with Gasteiger partial charge >= 0.3 is 0 Å². The Labute approximate surface area is 150 Å². The molecule has 2 aliphatic rings. The molecular weight excluding hydrogens is 339 g/mol. The zero-order valence-electron chi connectivity index (χ0n) is 14.2. The molecule has 0 aliphatic carbocycles. The third kappa shape index (κ3) is 3.99. The fourth-order valence-electron chi connectivity index (χ4n) is 3.87. The summed E-state index contributed by atoms with van der Waals surface area (Å²) in [6.07, 6.45) is 4.92. The fraction of sp³-hybridized carbons (Fsp3) is 0.556.